The molecule has 0 fully saturated rings. The van der Waals surface area contributed by atoms with E-state index < -0.39 is 11.6 Å². The van der Waals surface area contributed by atoms with Crippen molar-refractivity contribution in [1.29, 1.82) is 0 Å². The van der Waals surface area contributed by atoms with Gasteiger partial charge in [-0.25, -0.2) is 8.78 Å². The normalized spacial score (nSPS) is 10.2. The lowest BCUT2D eigenvalue weighted by Gasteiger charge is -2.06. The third-order valence-corrected chi connectivity index (χ3v) is 2.50. The van der Waals surface area contributed by atoms with Gasteiger partial charge in [-0.1, -0.05) is 12.1 Å². The first-order chi connectivity index (χ1) is 9.04. The summed E-state index contributed by atoms with van der Waals surface area (Å²) in [5.74, 6) is -2.21. The van der Waals surface area contributed by atoms with Crippen LogP contribution in [0.2, 0.25) is 0 Å². The third-order valence-electron chi connectivity index (χ3n) is 2.50. The lowest BCUT2D eigenvalue weighted by atomic mass is 10.1. The summed E-state index contributed by atoms with van der Waals surface area (Å²) in [6.07, 6.45) is 0.0826. The number of carbonyl (C=O) groups is 1. The molecular formula is C14H11F2NO2. The van der Waals surface area contributed by atoms with Crippen LogP contribution in [0.4, 0.5) is 14.5 Å². The zero-order valence-corrected chi connectivity index (χ0v) is 9.86. The van der Waals surface area contributed by atoms with E-state index in [0.717, 1.165) is 12.1 Å². The maximum atomic E-state index is 12.9. The molecular weight excluding hydrogens is 252 g/mol. The zero-order valence-electron chi connectivity index (χ0n) is 9.86. The average molecular weight is 263 g/mol. The maximum Gasteiger partial charge on any atom is 0.228 e. The molecule has 0 saturated heterocycles. The van der Waals surface area contributed by atoms with E-state index >= 15 is 0 Å². The van der Waals surface area contributed by atoms with Crippen molar-refractivity contribution in [2.45, 2.75) is 6.42 Å². The van der Waals surface area contributed by atoms with Gasteiger partial charge in [0.25, 0.3) is 0 Å². The Labute approximate surface area is 108 Å². The number of phenolic OH excluding ortho intramolecular Hbond substituents is 1. The molecule has 0 unspecified atom stereocenters. The summed E-state index contributed by atoms with van der Waals surface area (Å²) in [4.78, 5) is 11.7. The molecule has 0 heterocycles. The number of carbonyl (C=O) groups excluding carboxylic acids is 1. The van der Waals surface area contributed by atoms with E-state index in [2.05, 4.69) is 5.32 Å². The van der Waals surface area contributed by atoms with Gasteiger partial charge in [0.15, 0.2) is 11.6 Å². The molecule has 2 N–H and O–H groups in total. The smallest absolute Gasteiger partial charge is 0.228 e. The van der Waals surface area contributed by atoms with Gasteiger partial charge >= 0.3 is 0 Å². The minimum atomic E-state index is -1.01. The lowest BCUT2D eigenvalue weighted by molar-refractivity contribution is -0.115. The second kappa shape index (κ2) is 5.48. The number of halogens is 2. The number of hydrogen-bond donors (Lipinski definition) is 2. The molecule has 0 bridgehead atoms. The van der Waals surface area contributed by atoms with Crippen molar-refractivity contribution in [3.63, 3.8) is 0 Å². The molecule has 0 aliphatic rings. The summed E-state index contributed by atoms with van der Waals surface area (Å²) in [5, 5.41) is 11.6. The van der Waals surface area contributed by atoms with Gasteiger partial charge < -0.3 is 10.4 Å². The molecule has 2 aromatic carbocycles. The summed E-state index contributed by atoms with van der Waals surface area (Å²) in [6.45, 7) is 0. The number of hydrogen-bond acceptors (Lipinski definition) is 2. The van der Waals surface area contributed by atoms with Gasteiger partial charge in [0.2, 0.25) is 5.91 Å². The highest BCUT2D eigenvalue weighted by Gasteiger charge is 2.07. The fourth-order valence-corrected chi connectivity index (χ4v) is 1.58. The molecule has 3 nitrogen and oxygen atoms in total. The summed E-state index contributed by atoms with van der Waals surface area (Å²) >= 11 is 0. The number of aromatic hydroxyl groups is 1. The SMILES string of the molecule is O=C(Cc1ccc(O)cc1)Nc1ccc(F)c(F)c1. The van der Waals surface area contributed by atoms with E-state index in [1.165, 1.54) is 18.2 Å². The molecule has 5 heteroatoms. The number of phenols is 1. The van der Waals surface area contributed by atoms with Crippen LogP contribution in [-0.4, -0.2) is 11.0 Å². The number of nitrogens with one attached hydrogen (secondary N) is 1. The largest absolute Gasteiger partial charge is 0.508 e. The molecule has 0 atom stereocenters. The summed E-state index contributed by atoms with van der Waals surface area (Å²) < 4.78 is 25.7. The Balaban J connectivity index is 2.01. The second-order valence-corrected chi connectivity index (χ2v) is 4.02. The molecule has 0 aromatic heterocycles. The van der Waals surface area contributed by atoms with E-state index in [0.29, 0.717) is 5.56 Å². The Morgan fingerprint density at radius 2 is 1.74 bits per heavy atom. The number of benzene rings is 2. The zero-order chi connectivity index (χ0) is 13.8. The van der Waals surface area contributed by atoms with Crippen LogP contribution in [0.3, 0.4) is 0 Å². The van der Waals surface area contributed by atoms with E-state index in [1.54, 1.807) is 12.1 Å². The lowest BCUT2D eigenvalue weighted by Crippen LogP contribution is -2.14. The molecule has 0 saturated carbocycles. The van der Waals surface area contributed by atoms with Gasteiger partial charge in [0.1, 0.15) is 5.75 Å². The monoisotopic (exact) mass is 263 g/mol. The van der Waals surface area contributed by atoms with Crippen molar-refractivity contribution in [2.75, 3.05) is 5.32 Å². The Morgan fingerprint density at radius 3 is 2.37 bits per heavy atom. The molecule has 0 aliphatic carbocycles. The van der Waals surface area contributed by atoms with Gasteiger partial charge in [0.05, 0.1) is 6.42 Å². The highest BCUT2D eigenvalue weighted by Crippen LogP contribution is 2.14. The van der Waals surface area contributed by atoms with Crippen molar-refractivity contribution in [1.82, 2.24) is 0 Å². The molecule has 98 valence electrons. The van der Waals surface area contributed by atoms with Crippen molar-refractivity contribution in [3.8, 4) is 5.75 Å². The van der Waals surface area contributed by atoms with Crippen molar-refractivity contribution < 1.29 is 18.7 Å². The highest BCUT2D eigenvalue weighted by atomic mass is 19.2. The van der Waals surface area contributed by atoms with Crippen LogP contribution in [0.1, 0.15) is 5.56 Å². The molecule has 2 aromatic rings. The average Bonchev–Trinajstić information content (AvgIpc) is 2.37. The van der Waals surface area contributed by atoms with E-state index in [-0.39, 0.29) is 23.8 Å². The van der Waals surface area contributed by atoms with Gasteiger partial charge in [-0.2, -0.15) is 0 Å². The van der Waals surface area contributed by atoms with Gasteiger partial charge in [0, 0.05) is 11.8 Å². The van der Waals surface area contributed by atoms with Crippen molar-refractivity contribution in [2.24, 2.45) is 0 Å². The van der Waals surface area contributed by atoms with Crippen LogP contribution in [-0.2, 0) is 11.2 Å². The Kier molecular flexibility index (Phi) is 3.75. The first-order valence-electron chi connectivity index (χ1n) is 5.57. The second-order valence-electron chi connectivity index (χ2n) is 4.02. The highest BCUT2D eigenvalue weighted by molar-refractivity contribution is 5.92. The Morgan fingerprint density at radius 1 is 1.05 bits per heavy atom. The topological polar surface area (TPSA) is 49.3 Å². The third kappa shape index (κ3) is 3.51. The molecule has 19 heavy (non-hydrogen) atoms. The predicted octanol–water partition coefficient (Wildman–Crippen LogP) is 2.85. The summed E-state index contributed by atoms with van der Waals surface area (Å²) in [5.41, 5.74) is 0.903. The fourth-order valence-electron chi connectivity index (χ4n) is 1.58. The van der Waals surface area contributed by atoms with Crippen molar-refractivity contribution in [3.05, 3.63) is 59.7 Å². The van der Waals surface area contributed by atoms with Gasteiger partial charge in [-0.05, 0) is 29.8 Å². The fraction of sp³-hybridized carbons (Fsp3) is 0.0714. The van der Waals surface area contributed by atoms with E-state index in [4.69, 9.17) is 5.11 Å². The first-order valence-corrected chi connectivity index (χ1v) is 5.57. The molecule has 1 amide bonds. The Hall–Kier alpha value is -2.43. The minimum Gasteiger partial charge on any atom is -0.508 e. The summed E-state index contributed by atoms with van der Waals surface area (Å²) in [6, 6.07) is 9.32. The van der Waals surface area contributed by atoms with Crippen LogP contribution in [0.25, 0.3) is 0 Å². The molecule has 0 aliphatic heterocycles. The van der Waals surface area contributed by atoms with Gasteiger partial charge in [-0.15, -0.1) is 0 Å². The molecule has 0 spiro atoms. The Bertz CT molecular complexity index is 597. The van der Waals surface area contributed by atoms with Gasteiger partial charge in [-0.3, -0.25) is 4.79 Å². The standard InChI is InChI=1S/C14H11F2NO2/c15-12-6-3-10(8-13(12)16)17-14(19)7-9-1-4-11(18)5-2-9/h1-6,8,18H,7H2,(H,17,19). The summed E-state index contributed by atoms with van der Waals surface area (Å²) in [7, 11) is 0. The van der Waals surface area contributed by atoms with E-state index in [1.807, 2.05) is 0 Å². The first kappa shape index (κ1) is 13.0. The molecule has 2 rings (SSSR count). The van der Waals surface area contributed by atoms with Crippen LogP contribution in [0.15, 0.2) is 42.5 Å². The predicted molar refractivity (Wildman–Crippen MR) is 66.8 cm³/mol. The van der Waals surface area contributed by atoms with Crippen molar-refractivity contribution >= 4 is 11.6 Å². The van der Waals surface area contributed by atoms with Crippen LogP contribution >= 0.6 is 0 Å². The van der Waals surface area contributed by atoms with Crippen LogP contribution in [0, 0.1) is 11.6 Å². The minimum absolute atomic E-state index is 0.0826. The molecule has 0 radical (unpaired) electrons. The maximum absolute atomic E-state index is 12.9. The number of rotatable bonds is 3. The number of anilines is 1. The van der Waals surface area contributed by atoms with Crippen LogP contribution in [0.5, 0.6) is 5.75 Å². The number of amides is 1. The quantitative estimate of drug-likeness (QED) is 0.894. The van der Waals surface area contributed by atoms with Crippen LogP contribution < -0.4 is 5.32 Å². The van der Waals surface area contributed by atoms with E-state index in [9.17, 15) is 13.6 Å².